The summed E-state index contributed by atoms with van der Waals surface area (Å²) in [6.07, 6.45) is 3.71. The van der Waals surface area contributed by atoms with Crippen molar-refractivity contribution in [2.75, 3.05) is 13.1 Å². The fraction of sp³-hybridized carbons (Fsp3) is 0.647. The van der Waals surface area contributed by atoms with Gasteiger partial charge in [-0.3, -0.25) is 4.79 Å². The number of hydrogen-bond acceptors (Lipinski definition) is 3. The summed E-state index contributed by atoms with van der Waals surface area (Å²) in [6, 6.07) is 4.67. The first-order valence-corrected chi connectivity index (χ1v) is 9.22. The molecule has 23 heavy (non-hydrogen) atoms. The van der Waals surface area contributed by atoms with Crippen LogP contribution in [0.4, 0.5) is 4.79 Å². The van der Waals surface area contributed by atoms with Gasteiger partial charge in [0.15, 0.2) is 0 Å². The zero-order chi connectivity index (χ0) is 16.4. The molecule has 2 fully saturated rings. The highest BCUT2D eigenvalue weighted by Gasteiger charge is 2.39. The van der Waals surface area contributed by atoms with Crippen LogP contribution in [-0.4, -0.2) is 42.0 Å². The molecule has 1 aromatic heterocycles. The molecule has 0 aromatic carbocycles. The van der Waals surface area contributed by atoms with Gasteiger partial charge < -0.3 is 15.5 Å². The third-order valence-electron chi connectivity index (χ3n) is 4.46. The zero-order valence-electron chi connectivity index (χ0n) is 13.8. The van der Waals surface area contributed by atoms with E-state index in [1.165, 1.54) is 9.75 Å². The molecule has 0 spiro atoms. The molecule has 5 nitrogen and oxygen atoms in total. The fourth-order valence-corrected chi connectivity index (χ4v) is 4.16. The molecule has 0 unspecified atom stereocenters. The quantitative estimate of drug-likeness (QED) is 0.838. The Morgan fingerprint density at radius 2 is 2.22 bits per heavy atom. The van der Waals surface area contributed by atoms with Crippen molar-refractivity contribution in [2.45, 2.75) is 51.6 Å². The Balaban J connectivity index is 1.37. The van der Waals surface area contributed by atoms with Crippen molar-refractivity contribution in [3.05, 3.63) is 21.9 Å². The van der Waals surface area contributed by atoms with Crippen LogP contribution in [0.15, 0.2) is 12.1 Å². The van der Waals surface area contributed by atoms with Crippen molar-refractivity contribution in [3.63, 3.8) is 0 Å². The standard InChI is InChI=1S/C17H25N3O2S/c1-11(7-15-6-3-12(2)23-15)19-17(22)18-9-13-8-16(21)20(10-13)14-4-5-14/h3,6,11,13-14H,4-5,7-10H2,1-2H3,(H2,18,19,22)/t11-,13-/m0/s1. The number of aryl methyl sites for hydroxylation is 1. The highest BCUT2D eigenvalue weighted by Crippen LogP contribution is 2.32. The zero-order valence-corrected chi connectivity index (χ0v) is 14.6. The molecule has 2 aliphatic rings. The minimum absolute atomic E-state index is 0.0984. The van der Waals surface area contributed by atoms with Gasteiger partial charge in [0.2, 0.25) is 5.91 Å². The second kappa shape index (κ2) is 6.91. The minimum atomic E-state index is -0.136. The Bertz CT molecular complexity index is 582. The van der Waals surface area contributed by atoms with E-state index in [2.05, 4.69) is 29.7 Å². The lowest BCUT2D eigenvalue weighted by molar-refractivity contribution is -0.128. The number of nitrogens with one attached hydrogen (secondary N) is 2. The van der Waals surface area contributed by atoms with E-state index in [4.69, 9.17) is 0 Å². The van der Waals surface area contributed by atoms with Crippen LogP contribution in [0.1, 0.15) is 35.9 Å². The molecule has 1 aromatic rings. The first-order valence-electron chi connectivity index (χ1n) is 8.40. The Hall–Kier alpha value is -1.56. The number of hydrogen-bond donors (Lipinski definition) is 2. The molecular formula is C17H25N3O2S. The number of nitrogens with zero attached hydrogens (tertiary/aromatic N) is 1. The van der Waals surface area contributed by atoms with E-state index in [1.807, 2.05) is 11.8 Å². The molecule has 0 bridgehead atoms. The Morgan fingerprint density at radius 3 is 2.87 bits per heavy atom. The van der Waals surface area contributed by atoms with Crippen LogP contribution in [0.5, 0.6) is 0 Å². The summed E-state index contributed by atoms with van der Waals surface area (Å²) in [4.78, 5) is 28.5. The Kier molecular flexibility index (Phi) is 4.90. The van der Waals surface area contributed by atoms with Gasteiger partial charge in [0.25, 0.3) is 0 Å². The van der Waals surface area contributed by atoms with E-state index in [0.29, 0.717) is 19.0 Å². The van der Waals surface area contributed by atoms with Crippen molar-refractivity contribution in [1.29, 1.82) is 0 Å². The first-order chi connectivity index (χ1) is 11.0. The second-order valence-electron chi connectivity index (χ2n) is 6.82. The summed E-state index contributed by atoms with van der Waals surface area (Å²) in [7, 11) is 0. The van der Waals surface area contributed by atoms with Gasteiger partial charge in [-0.15, -0.1) is 11.3 Å². The van der Waals surface area contributed by atoms with Crippen LogP contribution in [0.25, 0.3) is 0 Å². The van der Waals surface area contributed by atoms with E-state index in [0.717, 1.165) is 25.8 Å². The van der Waals surface area contributed by atoms with E-state index >= 15 is 0 Å². The first kappa shape index (κ1) is 16.3. The van der Waals surface area contributed by atoms with E-state index in [9.17, 15) is 9.59 Å². The Labute approximate surface area is 141 Å². The molecule has 126 valence electrons. The van der Waals surface area contributed by atoms with Crippen molar-refractivity contribution < 1.29 is 9.59 Å². The van der Waals surface area contributed by atoms with Crippen molar-refractivity contribution in [2.24, 2.45) is 5.92 Å². The van der Waals surface area contributed by atoms with E-state index in [1.54, 1.807) is 11.3 Å². The second-order valence-corrected chi connectivity index (χ2v) is 8.19. The summed E-state index contributed by atoms with van der Waals surface area (Å²) in [6.45, 7) is 5.48. The number of urea groups is 1. The van der Waals surface area contributed by atoms with E-state index < -0.39 is 0 Å². The number of carbonyl (C=O) groups is 2. The molecule has 3 rings (SSSR count). The van der Waals surface area contributed by atoms with Gasteiger partial charge in [-0.05, 0) is 38.8 Å². The molecule has 3 amide bonds. The minimum Gasteiger partial charge on any atom is -0.339 e. The maximum absolute atomic E-state index is 12.0. The molecular weight excluding hydrogens is 310 g/mol. The molecule has 6 heteroatoms. The summed E-state index contributed by atoms with van der Waals surface area (Å²) in [5, 5.41) is 5.90. The van der Waals surface area contributed by atoms with Crippen molar-refractivity contribution >= 4 is 23.3 Å². The van der Waals surface area contributed by atoms with Crippen molar-refractivity contribution in [3.8, 4) is 0 Å². The van der Waals surface area contributed by atoms with Crippen LogP contribution in [-0.2, 0) is 11.2 Å². The maximum Gasteiger partial charge on any atom is 0.315 e. The number of amides is 3. The number of likely N-dealkylation sites (tertiary alicyclic amines) is 1. The van der Waals surface area contributed by atoms with Gasteiger partial charge in [0.1, 0.15) is 0 Å². The van der Waals surface area contributed by atoms with Crippen LogP contribution >= 0.6 is 11.3 Å². The van der Waals surface area contributed by atoms with Gasteiger partial charge in [-0.2, -0.15) is 0 Å². The lowest BCUT2D eigenvalue weighted by atomic mass is 10.1. The van der Waals surface area contributed by atoms with Gasteiger partial charge in [0, 0.05) is 53.7 Å². The highest BCUT2D eigenvalue weighted by molar-refractivity contribution is 7.11. The third-order valence-corrected chi connectivity index (χ3v) is 5.48. The summed E-state index contributed by atoms with van der Waals surface area (Å²) >= 11 is 1.77. The molecule has 1 saturated carbocycles. The van der Waals surface area contributed by atoms with Crippen LogP contribution in [0.3, 0.4) is 0 Å². The monoisotopic (exact) mass is 335 g/mol. The lowest BCUT2D eigenvalue weighted by Gasteiger charge is -2.17. The van der Waals surface area contributed by atoms with Gasteiger partial charge in [-0.1, -0.05) is 0 Å². The van der Waals surface area contributed by atoms with Gasteiger partial charge in [-0.25, -0.2) is 4.79 Å². The van der Waals surface area contributed by atoms with Crippen LogP contribution in [0.2, 0.25) is 0 Å². The van der Waals surface area contributed by atoms with Crippen LogP contribution < -0.4 is 10.6 Å². The van der Waals surface area contributed by atoms with E-state index in [-0.39, 0.29) is 23.9 Å². The average Bonchev–Trinajstić information content (AvgIpc) is 3.15. The SMILES string of the molecule is Cc1ccc(C[C@H](C)NC(=O)NC[C@@H]2CC(=O)N(C3CC3)C2)s1. The topological polar surface area (TPSA) is 61.4 Å². The number of thiophene rings is 1. The average molecular weight is 335 g/mol. The highest BCUT2D eigenvalue weighted by atomic mass is 32.1. The molecule has 2 heterocycles. The fourth-order valence-electron chi connectivity index (χ4n) is 3.14. The summed E-state index contributed by atoms with van der Waals surface area (Å²) < 4.78 is 0. The molecule has 2 atom stereocenters. The normalized spacial score (nSPS) is 22.3. The maximum atomic E-state index is 12.0. The number of rotatable bonds is 6. The molecule has 1 saturated heterocycles. The molecule has 0 radical (unpaired) electrons. The smallest absolute Gasteiger partial charge is 0.315 e. The predicted molar refractivity (Wildman–Crippen MR) is 91.6 cm³/mol. The third kappa shape index (κ3) is 4.47. The molecule has 1 aliphatic heterocycles. The summed E-state index contributed by atoms with van der Waals surface area (Å²) in [5.74, 6) is 0.505. The number of carbonyl (C=O) groups excluding carboxylic acids is 2. The Morgan fingerprint density at radius 1 is 1.43 bits per heavy atom. The lowest BCUT2D eigenvalue weighted by Crippen LogP contribution is -2.43. The predicted octanol–water partition coefficient (Wildman–Crippen LogP) is 2.30. The van der Waals surface area contributed by atoms with Crippen LogP contribution in [0, 0.1) is 12.8 Å². The largest absolute Gasteiger partial charge is 0.339 e. The summed E-state index contributed by atoms with van der Waals surface area (Å²) in [5.41, 5.74) is 0. The molecule has 1 aliphatic carbocycles. The van der Waals surface area contributed by atoms with Crippen molar-refractivity contribution in [1.82, 2.24) is 15.5 Å². The van der Waals surface area contributed by atoms with Gasteiger partial charge >= 0.3 is 6.03 Å². The molecule has 2 N–H and O–H groups in total. The van der Waals surface area contributed by atoms with Gasteiger partial charge in [0.05, 0.1) is 0 Å².